The van der Waals surface area contributed by atoms with Gasteiger partial charge in [-0.3, -0.25) is 0 Å². The number of halogens is 4. The number of carbonyl (C=O) groups is 1. The van der Waals surface area contributed by atoms with Crippen LogP contribution in [0.25, 0.3) is 0 Å². The molecule has 0 saturated carbocycles. The zero-order valence-corrected chi connectivity index (χ0v) is 7.62. The first kappa shape index (κ1) is 13.1. The van der Waals surface area contributed by atoms with E-state index in [2.05, 4.69) is 0 Å². The zero-order chi connectivity index (χ0) is 11.8. The molecular weight excluding hydrogens is 232 g/mol. The average molecular weight is 238 g/mol. The molecule has 0 aliphatic heterocycles. The standard InChI is InChI=1S/C5H6F4O4S/c1-2-14(12,13)5(8,9)4(6,7)3(10)11/h2H2,1H3,(H,10,11). The van der Waals surface area contributed by atoms with Gasteiger partial charge in [0.15, 0.2) is 0 Å². The molecule has 0 rings (SSSR count). The van der Waals surface area contributed by atoms with Crippen LogP contribution in [0.15, 0.2) is 0 Å². The summed E-state index contributed by atoms with van der Waals surface area (Å²) in [6, 6.07) is 0. The summed E-state index contributed by atoms with van der Waals surface area (Å²) < 4.78 is 70.5. The SMILES string of the molecule is CCS(=O)(=O)C(F)(F)C(F)(F)C(=O)O. The monoisotopic (exact) mass is 238 g/mol. The van der Waals surface area contributed by atoms with Crippen LogP contribution >= 0.6 is 0 Å². The van der Waals surface area contributed by atoms with Crippen molar-refractivity contribution in [3.8, 4) is 0 Å². The predicted octanol–water partition coefficient (Wildman–Crippen LogP) is 0.734. The molecule has 9 heteroatoms. The lowest BCUT2D eigenvalue weighted by molar-refractivity contribution is -0.197. The number of carboxylic acid groups (broad SMARTS) is 1. The minimum atomic E-state index is -5.62. The zero-order valence-electron chi connectivity index (χ0n) is 6.80. The first-order valence-corrected chi connectivity index (χ1v) is 4.87. The van der Waals surface area contributed by atoms with E-state index in [0.717, 1.165) is 0 Å². The number of carboxylic acids is 1. The molecule has 0 radical (unpaired) electrons. The van der Waals surface area contributed by atoms with E-state index in [1.165, 1.54) is 0 Å². The van der Waals surface area contributed by atoms with Crippen molar-refractivity contribution in [2.24, 2.45) is 0 Å². The van der Waals surface area contributed by atoms with Gasteiger partial charge in [-0.2, -0.15) is 17.6 Å². The van der Waals surface area contributed by atoms with Crippen molar-refractivity contribution in [1.29, 1.82) is 0 Å². The van der Waals surface area contributed by atoms with Crippen LogP contribution < -0.4 is 0 Å². The van der Waals surface area contributed by atoms with Gasteiger partial charge in [0.2, 0.25) is 9.84 Å². The van der Waals surface area contributed by atoms with Gasteiger partial charge in [-0.05, 0) is 0 Å². The summed E-state index contributed by atoms with van der Waals surface area (Å²) in [7, 11) is -5.46. The van der Waals surface area contributed by atoms with Gasteiger partial charge >= 0.3 is 17.1 Å². The number of sulfone groups is 1. The molecule has 0 aromatic heterocycles. The molecule has 14 heavy (non-hydrogen) atoms. The van der Waals surface area contributed by atoms with E-state index in [-0.39, 0.29) is 0 Å². The highest BCUT2D eigenvalue weighted by molar-refractivity contribution is 7.92. The third kappa shape index (κ3) is 1.68. The third-order valence-electron chi connectivity index (χ3n) is 1.40. The van der Waals surface area contributed by atoms with Gasteiger partial charge < -0.3 is 5.11 Å². The van der Waals surface area contributed by atoms with Crippen molar-refractivity contribution in [2.75, 3.05) is 5.75 Å². The van der Waals surface area contributed by atoms with Crippen LogP contribution in [0.1, 0.15) is 6.92 Å². The molecule has 0 amide bonds. The number of alkyl halides is 4. The van der Waals surface area contributed by atoms with Crippen LogP contribution in [0, 0.1) is 0 Å². The van der Waals surface area contributed by atoms with Gasteiger partial charge in [-0.1, -0.05) is 6.92 Å². The number of hydrogen-bond donors (Lipinski definition) is 1. The van der Waals surface area contributed by atoms with Crippen molar-refractivity contribution >= 4 is 15.8 Å². The molecule has 0 heterocycles. The van der Waals surface area contributed by atoms with E-state index in [4.69, 9.17) is 5.11 Å². The van der Waals surface area contributed by atoms with Crippen LogP contribution in [-0.2, 0) is 14.6 Å². The second-order valence-electron chi connectivity index (χ2n) is 2.30. The summed E-state index contributed by atoms with van der Waals surface area (Å²) in [4.78, 5) is 9.74. The Morgan fingerprint density at radius 3 is 1.86 bits per heavy atom. The Hall–Kier alpha value is -0.860. The van der Waals surface area contributed by atoms with Crippen molar-refractivity contribution in [3.05, 3.63) is 0 Å². The number of rotatable bonds is 4. The number of aliphatic carboxylic acids is 1. The van der Waals surface area contributed by atoms with Crippen LogP contribution in [0.3, 0.4) is 0 Å². The maximum Gasteiger partial charge on any atom is 0.418 e. The van der Waals surface area contributed by atoms with Crippen LogP contribution in [0.4, 0.5) is 17.6 Å². The molecule has 0 aromatic carbocycles. The third-order valence-corrected chi connectivity index (χ3v) is 3.20. The van der Waals surface area contributed by atoms with E-state index in [1.807, 2.05) is 0 Å². The maximum atomic E-state index is 12.5. The quantitative estimate of drug-likeness (QED) is 0.733. The average Bonchev–Trinajstić information content (AvgIpc) is 2.03. The lowest BCUT2D eigenvalue weighted by atomic mass is 10.3. The molecule has 0 aromatic rings. The van der Waals surface area contributed by atoms with Crippen LogP contribution in [0.5, 0.6) is 0 Å². The summed E-state index contributed by atoms with van der Waals surface area (Å²) in [6.07, 6.45) is 0. The largest absolute Gasteiger partial charge is 0.477 e. The highest BCUT2D eigenvalue weighted by atomic mass is 32.2. The Bertz CT molecular complexity index is 334. The van der Waals surface area contributed by atoms with Gasteiger partial charge in [-0.15, -0.1) is 0 Å². The van der Waals surface area contributed by atoms with Crippen molar-refractivity contribution < 1.29 is 35.9 Å². The van der Waals surface area contributed by atoms with E-state index in [0.29, 0.717) is 6.92 Å². The molecule has 0 spiro atoms. The fourth-order valence-electron chi connectivity index (χ4n) is 0.501. The molecule has 0 atom stereocenters. The Balaban J connectivity index is 5.48. The van der Waals surface area contributed by atoms with E-state index in [1.54, 1.807) is 0 Å². The normalized spacial score (nSPS) is 14.1. The van der Waals surface area contributed by atoms with Gasteiger partial charge in [-0.25, -0.2) is 13.2 Å². The second kappa shape index (κ2) is 3.37. The van der Waals surface area contributed by atoms with Gasteiger partial charge in [0, 0.05) is 0 Å². The predicted molar refractivity (Wildman–Crippen MR) is 37.0 cm³/mol. The lowest BCUT2D eigenvalue weighted by Crippen LogP contribution is -2.52. The molecule has 0 bridgehead atoms. The Kier molecular flexibility index (Phi) is 3.16. The Labute approximate surface area is 76.4 Å². The minimum absolute atomic E-state index is 0.709. The van der Waals surface area contributed by atoms with Crippen molar-refractivity contribution in [3.63, 3.8) is 0 Å². The first-order valence-electron chi connectivity index (χ1n) is 3.22. The Morgan fingerprint density at radius 2 is 1.64 bits per heavy atom. The maximum absolute atomic E-state index is 12.5. The highest BCUT2D eigenvalue weighted by Crippen LogP contribution is 2.39. The molecule has 4 nitrogen and oxygen atoms in total. The molecule has 0 fully saturated rings. The summed E-state index contributed by atoms with van der Waals surface area (Å²) in [5.74, 6) is -10.1. The fourth-order valence-corrected chi connectivity index (χ4v) is 1.34. The smallest absolute Gasteiger partial charge is 0.418 e. The molecule has 84 valence electrons. The van der Waals surface area contributed by atoms with Crippen LogP contribution in [0.2, 0.25) is 0 Å². The van der Waals surface area contributed by atoms with Gasteiger partial charge in [0.1, 0.15) is 0 Å². The summed E-state index contributed by atoms with van der Waals surface area (Å²) >= 11 is 0. The molecular formula is C5H6F4O4S. The fraction of sp³-hybridized carbons (Fsp3) is 0.800. The van der Waals surface area contributed by atoms with Crippen molar-refractivity contribution in [1.82, 2.24) is 0 Å². The van der Waals surface area contributed by atoms with E-state index < -0.39 is 32.7 Å². The molecule has 1 N–H and O–H groups in total. The summed E-state index contributed by atoms with van der Waals surface area (Å²) in [5.41, 5.74) is 0. The summed E-state index contributed by atoms with van der Waals surface area (Å²) in [5, 5.41) is 2.14. The first-order chi connectivity index (χ1) is 6.00. The van der Waals surface area contributed by atoms with E-state index >= 15 is 0 Å². The van der Waals surface area contributed by atoms with Gasteiger partial charge in [0.25, 0.3) is 0 Å². The number of hydrogen-bond acceptors (Lipinski definition) is 3. The van der Waals surface area contributed by atoms with Gasteiger partial charge in [0.05, 0.1) is 5.75 Å². The molecule has 0 aliphatic rings. The highest BCUT2D eigenvalue weighted by Gasteiger charge is 2.69. The topological polar surface area (TPSA) is 71.4 Å². The second-order valence-corrected chi connectivity index (χ2v) is 4.62. The van der Waals surface area contributed by atoms with Crippen molar-refractivity contribution in [2.45, 2.75) is 18.1 Å². The minimum Gasteiger partial charge on any atom is -0.477 e. The van der Waals surface area contributed by atoms with E-state index in [9.17, 15) is 30.8 Å². The lowest BCUT2D eigenvalue weighted by Gasteiger charge is -2.21. The van der Waals surface area contributed by atoms with Crippen LogP contribution in [-0.4, -0.2) is 36.4 Å². The molecule has 0 unspecified atom stereocenters. The molecule has 0 saturated heterocycles. The summed E-state index contributed by atoms with van der Waals surface area (Å²) in [6.45, 7) is 0.709. The molecule has 0 aliphatic carbocycles. The Morgan fingerprint density at radius 1 is 1.29 bits per heavy atom.